The number of rotatable bonds is 2. The fraction of sp³-hybridized carbons (Fsp3) is 0.182. The lowest BCUT2D eigenvalue weighted by Gasteiger charge is -2.13. The highest BCUT2D eigenvalue weighted by Gasteiger charge is 2.05. The van der Waals surface area contributed by atoms with Crippen LogP contribution in [0.3, 0.4) is 0 Å². The number of anilines is 1. The van der Waals surface area contributed by atoms with E-state index in [2.05, 4.69) is 83.9 Å². The van der Waals surface area contributed by atoms with E-state index >= 15 is 0 Å². The minimum atomic E-state index is 0.0500. The van der Waals surface area contributed by atoms with Crippen LogP contribution < -0.4 is 15.8 Å². The van der Waals surface area contributed by atoms with Crippen LogP contribution in [0.2, 0.25) is 0 Å². The van der Waals surface area contributed by atoms with Crippen molar-refractivity contribution in [3.8, 4) is 11.8 Å². The molecule has 2 aliphatic rings. The number of hydrogen-bond acceptors (Lipinski definition) is 1. The second-order valence-electron chi connectivity index (χ2n) is 6.01. The zero-order chi connectivity index (χ0) is 15.5. The number of benzene rings is 2. The molecule has 2 aliphatic carbocycles. The largest absolute Gasteiger partial charge is 0.368 e. The SMILES string of the molecule is C1#CC(Nc2ccc3c(c2)=CCCC=3)/C=C\c2ccccc2C1. The van der Waals surface area contributed by atoms with Crippen LogP contribution in [0.15, 0.2) is 48.5 Å². The van der Waals surface area contributed by atoms with Gasteiger partial charge in [-0.25, -0.2) is 0 Å². The topological polar surface area (TPSA) is 12.0 Å². The second kappa shape index (κ2) is 6.18. The first-order valence-corrected chi connectivity index (χ1v) is 8.20. The number of fused-ring (bicyclic) bond motifs is 2. The van der Waals surface area contributed by atoms with Crippen LogP contribution in [-0.2, 0) is 6.42 Å². The van der Waals surface area contributed by atoms with Gasteiger partial charge in [-0.05, 0) is 52.6 Å². The molecule has 0 bridgehead atoms. The molecule has 0 amide bonds. The molecule has 2 aromatic rings. The molecule has 0 fully saturated rings. The molecule has 1 atom stereocenters. The second-order valence-corrected chi connectivity index (χ2v) is 6.01. The van der Waals surface area contributed by atoms with Gasteiger partial charge in [0.2, 0.25) is 0 Å². The van der Waals surface area contributed by atoms with Gasteiger partial charge in [0.05, 0.1) is 0 Å². The van der Waals surface area contributed by atoms with Crippen molar-refractivity contribution >= 4 is 23.9 Å². The lowest BCUT2D eigenvalue weighted by Crippen LogP contribution is -2.27. The van der Waals surface area contributed by atoms with E-state index in [9.17, 15) is 0 Å². The molecule has 1 nitrogen and oxygen atoms in total. The molecule has 0 heterocycles. The molecule has 1 unspecified atom stereocenters. The van der Waals surface area contributed by atoms with Crippen LogP contribution in [0, 0.1) is 11.8 Å². The standard InChI is InChI=1S/C22H19N/c1-2-7-18-12-14-21(11-5-10-17(18)6-1)23-22-15-13-19-8-3-4-9-20(19)16-22/h1-2,6-9,12-16,21,23H,3-4,10H2/b14-12-. The highest BCUT2D eigenvalue weighted by Crippen LogP contribution is 2.14. The molecule has 0 aliphatic heterocycles. The summed E-state index contributed by atoms with van der Waals surface area (Å²) in [5.41, 5.74) is 3.70. The van der Waals surface area contributed by atoms with Crippen LogP contribution in [-0.4, -0.2) is 6.04 Å². The van der Waals surface area contributed by atoms with E-state index < -0.39 is 0 Å². The van der Waals surface area contributed by atoms with Gasteiger partial charge in [0.15, 0.2) is 0 Å². The van der Waals surface area contributed by atoms with E-state index in [4.69, 9.17) is 0 Å². The van der Waals surface area contributed by atoms with Gasteiger partial charge in [0, 0.05) is 12.1 Å². The van der Waals surface area contributed by atoms with Crippen LogP contribution >= 0.6 is 0 Å². The first-order chi connectivity index (χ1) is 11.4. The van der Waals surface area contributed by atoms with Crippen molar-refractivity contribution in [2.24, 2.45) is 0 Å². The maximum Gasteiger partial charge on any atom is 0.107 e. The third-order valence-corrected chi connectivity index (χ3v) is 4.36. The van der Waals surface area contributed by atoms with Gasteiger partial charge in [0.1, 0.15) is 6.04 Å². The summed E-state index contributed by atoms with van der Waals surface area (Å²) in [6, 6.07) is 15.1. The molecule has 4 rings (SSSR count). The third-order valence-electron chi connectivity index (χ3n) is 4.36. The van der Waals surface area contributed by atoms with E-state index in [0.29, 0.717) is 0 Å². The highest BCUT2D eigenvalue weighted by molar-refractivity contribution is 5.59. The molecule has 0 spiro atoms. The highest BCUT2D eigenvalue weighted by atomic mass is 14.9. The molecule has 112 valence electrons. The Bertz CT molecular complexity index is 938. The maximum absolute atomic E-state index is 3.54. The molecule has 1 heteroatoms. The van der Waals surface area contributed by atoms with E-state index in [0.717, 1.165) is 24.9 Å². The molecule has 0 saturated heterocycles. The summed E-state index contributed by atoms with van der Waals surface area (Å²) in [6.07, 6.45) is 12.1. The molecule has 0 saturated carbocycles. The van der Waals surface area contributed by atoms with Crippen molar-refractivity contribution in [1.82, 2.24) is 0 Å². The fourth-order valence-corrected chi connectivity index (χ4v) is 3.13. The van der Waals surface area contributed by atoms with E-state index in [1.807, 2.05) is 0 Å². The van der Waals surface area contributed by atoms with Crippen LogP contribution in [0.1, 0.15) is 24.0 Å². The van der Waals surface area contributed by atoms with Crippen molar-refractivity contribution in [2.75, 3.05) is 5.32 Å². The average Bonchev–Trinajstić information content (AvgIpc) is 2.58. The molecule has 0 radical (unpaired) electrons. The summed E-state index contributed by atoms with van der Waals surface area (Å²) in [5.74, 6) is 6.62. The summed E-state index contributed by atoms with van der Waals surface area (Å²) >= 11 is 0. The quantitative estimate of drug-likeness (QED) is 0.840. The maximum atomic E-state index is 3.54. The van der Waals surface area contributed by atoms with E-state index in [-0.39, 0.29) is 6.04 Å². The van der Waals surface area contributed by atoms with Gasteiger partial charge in [0.25, 0.3) is 0 Å². The third kappa shape index (κ3) is 3.07. The summed E-state index contributed by atoms with van der Waals surface area (Å²) in [7, 11) is 0. The first kappa shape index (κ1) is 13.9. The van der Waals surface area contributed by atoms with Crippen molar-refractivity contribution in [3.63, 3.8) is 0 Å². The van der Waals surface area contributed by atoms with Gasteiger partial charge >= 0.3 is 0 Å². The van der Waals surface area contributed by atoms with E-state index in [1.54, 1.807) is 0 Å². The Balaban J connectivity index is 1.60. The normalized spacial score (nSPS) is 19.4. The van der Waals surface area contributed by atoms with Crippen molar-refractivity contribution in [3.05, 3.63) is 70.1 Å². The monoisotopic (exact) mass is 297 g/mol. The van der Waals surface area contributed by atoms with Gasteiger partial charge in [-0.2, -0.15) is 0 Å². The Kier molecular flexibility index (Phi) is 3.74. The molecular formula is C22H19N. The minimum Gasteiger partial charge on any atom is -0.368 e. The molecule has 0 aromatic heterocycles. The van der Waals surface area contributed by atoms with Crippen LogP contribution in [0.25, 0.3) is 18.2 Å². The summed E-state index contributed by atoms with van der Waals surface area (Å²) in [5, 5.41) is 6.21. The average molecular weight is 297 g/mol. The van der Waals surface area contributed by atoms with E-state index in [1.165, 1.54) is 21.6 Å². The van der Waals surface area contributed by atoms with Crippen LogP contribution in [0.5, 0.6) is 0 Å². The number of nitrogens with one attached hydrogen (secondary N) is 1. The zero-order valence-electron chi connectivity index (χ0n) is 13.0. The van der Waals surface area contributed by atoms with Gasteiger partial charge in [-0.1, -0.05) is 60.4 Å². The lowest BCUT2D eigenvalue weighted by atomic mass is 10.0. The zero-order valence-corrected chi connectivity index (χ0v) is 13.0. The fourth-order valence-electron chi connectivity index (χ4n) is 3.13. The Labute approximate surface area is 137 Å². The molecule has 2 aromatic carbocycles. The van der Waals surface area contributed by atoms with Crippen molar-refractivity contribution in [1.29, 1.82) is 0 Å². The predicted octanol–water partition coefficient (Wildman–Crippen LogP) is 3.09. The van der Waals surface area contributed by atoms with Crippen molar-refractivity contribution in [2.45, 2.75) is 25.3 Å². The van der Waals surface area contributed by atoms with Gasteiger partial charge in [-0.15, -0.1) is 0 Å². The minimum absolute atomic E-state index is 0.0500. The molecular weight excluding hydrogens is 278 g/mol. The summed E-state index contributed by atoms with van der Waals surface area (Å²) in [4.78, 5) is 0. The Morgan fingerprint density at radius 1 is 0.957 bits per heavy atom. The smallest absolute Gasteiger partial charge is 0.107 e. The summed E-state index contributed by atoms with van der Waals surface area (Å²) < 4.78 is 0. The lowest BCUT2D eigenvalue weighted by molar-refractivity contribution is 1.11. The van der Waals surface area contributed by atoms with Gasteiger partial charge in [-0.3, -0.25) is 0 Å². The number of hydrogen-bond donors (Lipinski definition) is 1. The molecule has 1 N–H and O–H groups in total. The van der Waals surface area contributed by atoms with Crippen molar-refractivity contribution < 1.29 is 0 Å². The summed E-state index contributed by atoms with van der Waals surface area (Å²) in [6.45, 7) is 0. The Morgan fingerprint density at radius 3 is 2.78 bits per heavy atom. The molecule has 23 heavy (non-hydrogen) atoms. The predicted molar refractivity (Wildman–Crippen MR) is 98.2 cm³/mol. The first-order valence-electron chi connectivity index (χ1n) is 8.20. The Morgan fingerprint density at radius 2 is 1.83 bits per heavy atom. The van der Waals surface area contributed by atoms with Crippen LogP contribution in [0.4, 0.5) is 5.69 Å². The van der Waals surface area contributed by atoms with Gasteiger partial charge < -0.3 is 5.32 Å². The Hall–Kier alpha value is -2.72.